The Labute approximate surface area is 126 Å². The van der Waals surface area contributed by atoms with Crippen LogP contribution in [0.25, 0.3) is 0 Å². The Kier molecular flexibility index (Phi) is 10.7. The van der Waals surface area contributed by atoms with Crippen LogP contribution in [-0.4, -0.2) is 82.9 Å². The highest BCUT2D eigenvalue weighted by Crippen LogP contribution is 2.14. The Morgan fingerprint density at radius 2 is 2.00 bits per heavy atom. The highest BCUT2D eigenvalue weighted by atomic mass is 28.4. The molecular formula is C12H27FN2O5Si. The molecular weight excluding hydrogens is 299 g/mol. The third-order valence-electron chi connectivity index (χ3n) is 3.34. The first-order valence-electron chi connectivity index (χ1n) is 6.91. The van der Waals surface area contributed by atoms with Crippen LogP contribution in [0.3, 0.4) is 0 Å². The number of hydrogen-bond donors (Lipinski definition) is 3. The summed E-state index contributed by atoms with van der Waals surface area (Å²) in [6.07, 6.45) is -1.65. The van der Waals surface area contributed by atoms with Crippen molar-refractivity contribution in [2.24, 2.45) is 0 Å². The molecule has 0 rings (SSSR count). The minimum Gasteiger partial charge on any atom is -0.398 e. The molecule has 0 bridgehead atoms. The van der Waals surface area contributed by atoms with Crippen LogP contribution in [0.1, 0.15) is 6.42 Å². The monoisotopic (exact) mass is 326 g/mol. The van der Waals surface area contributed by atoms with Gasteiger partial charge >= 0.3 is 14.7 Å². The van der Waals surface area contributed by atoms with Crippen molar-refractivity contribution in [2.75, 3.05) is 47.0 Å². The van der Waals surface area contributed by atoms with Gasteiger partial charge in [0.25, 0.3) is 0 Å². The normalized spacial score (nSPS) is 13.5. The summed E-state index contributed by atoms with van der Waals surface area (Å²) in [5.41, 5.74) is 0. The smallest absolute Gasteiger partial charge is 0.397 e. The highest BCUT2D eigenvalue weighted by molar-refractivity contribution is 6.65. The quantitative estimate of drug-likeness (QED) is 0.267. The van der Waals surface area contributed by atoms with Gasteiger partial charge in [-0.15, -0.1) is 4.39 Å². The van der Waals surface area contributed by atoms with Gasteiger partial charge in [-0.3, -0.25) is 4.90 Å². The number of rotatable bonds is 12. The van der Waals surface area contributed by atoms with Crippen LogP contribution in [-0.2, 0) is 8.85 Å². The topological polar surface area (TPSA) is 91.3 Å². The van der Waals surface area contributed by atoms with Crippen LogP contribution in [0.2, 0.25) is 12.6 Å². The number of carbonyl (C=O) groups is 1. The second-order valence-corrected chi connectivity index (χ2v) is 8.57. The molecule has 0 aromatic heterocycles. The zero-order chi connectivity index (χ0) is 16.3. The molecule has 3 N–H and O–H groups in total. The lowest BCUT2D eigenvalue weighted by Crippen LogP contribution is -2.41. The third-order valence-corrected chi connectivity index (χ3v) is 6.33. The molecule has 0 aliphatic rings. The number of halogens is 1. The van der Waals surface area contributed by atoms with E-state index in [0.29, 0.717) is 13.1 Å². The summed E-state index contributed by atoms with van der Waals surface area (Å²) in [5.74, 6) is 0. The maximum atomic E-state index is 12.1. The molecule has 1 atom stereocenters. The molecule has 1 amide bonds. The van der Waals surface area contributed by atoms with Gasteiger partial charge < -0.3 is 24.4 Å². The lowest BCUT2D eigenvalue weighted by atomic mass is 10.3. The maximum absolute atomic E-state index is 12.1. The maximum Gasteiger partial charge on any atom is 0.397 e. The number of carbonyl (C=O) groups excluding carboxylic acids is 1. The lowest BCUT2D eigenvalue weighted by molar-refractivity contribution is 0.0593. The summed E-state index contributed by atoms with van der Waals surface area (Å²) in [7, 11) is 1.12. The largest absolute Gasteiger partial charge is 0.398 e. The summed E-state index contributed by atoms with van der Waals surface area (Å²) in [6.45, 7) is 3.06. The minimum atomic E-state index is -2.13. The van der Waals surface area contributed by atoms with Crippen molar-refractivity contribution < 1.29 is 28.3 Å². The molecule has 0 aliphatic carbocycles. The summed E-state index contributed by atoms with van der Waals surface area (Å²) in [4.78, 5) is 12.1. The van der Waals surface area contributed by atoms with E-state index in [1.807, 2.05) is 11.4 Å². The molecule has 0 radical (unpaired) electrons. The molecule has 0 saturated heterocycles. The van der Waals surface area contributed by atoms with Gasteiger partial charge in [0.2, 0.25) is 0 Å². The number of aliphatic hydroxyl groups is 2. The first-order valence-corrected chi connectivity index (χ1v) is 9.44. The van der Waals surface area contributed by atoms with Crippen molar-refractivity contribution in [3.63, 3.8) is 0 Å². The van der Waals surface area contributed by atoms with Crippen LogP contribution in [0.15, 0.2) is 0 Å². The zero-order valence-electron chi connectivity index (χ0n) is 13.0. The Bertz CT molecular complexity index is 295. The van der Waals surface area contributed by atoms with Crippen molar-refractivity contribution in [3.8, 4) is 0 Å². The van der Waals surface area contributed by atoms with Gasteiger partial charge in [0, 0.05) is 33.9 Å². The number of nitrogens with one attached hydrogen (secondary N) is 1. The first-order chi connectivity index (χ1) is 9.86. The molecule has 0 aromatic carbocycles. The standard InChI is InChI=1S/C12H27FN2O5Si/c1-19-21(3,20-2)8-4-6-15(9-11(17)10-16)7-5-14-12(13)18/h11,16-17H,4-10H2,1-3H3,(H,14,18). The van der Waals surface area contributed by atoms with Crippen LogP contribution < -0.4 is 5.32 Å². The van der Waals surface area contributed by atoms with E-state index in [4.69, 9.17) is 14.0 Å². The van der Waals surface area contributed by atoms with Crippen molar-refractivity contribution in [1.82, 2.24) is 10.2 Å². The highest BCUT2D eigenvalue weighted by Gasteiger charge is 2.28. The Morgan fingerprint density at radius 3 is 2.48 bits per heavy atom. The van der Waals surface area contributed by atoms with Crippen LogP contribution in [0.4, 0.5) is 9.18 Å². The lowest BCUT2D eigenvalue weighted by Gasteiger charge is -2.27. The average molecular weight is 326 g/mol. The molecule has 0 saturated carbocycles. The molecule has 126 valence electrons. The number of nitrogens with zero attached hydrogens (tertiary/aromatic N) is 1. The van der Waals surface area contributed by atoms with Crippen molar-refractivity contribution in [2.45, 2.75) is 25.1 Å². The van der Waals surface area contributed by atoms with Crippen LogP contribution in [0, 0.1) is 0 Å². The van der Waals surface area contributed by atoms with E-state index in [9.17, 15) is 14.3 Å². The molecule has 0 fully saturated rings. The van der Waals surface area contributed by atoms with Crippen molar-refractivity contribution in [3.05, 3.63) is 0 Å². The fraction of sp³-hybridized carbons (Fsp3) is 0.917. The molecule has 1 unspecified atom stereocenters. The minimum absolute atomic E-state index is 0.150. The summed E-state index contributed by atoms with van der Waals surface area (Å²) in [5, 5.41) is 20.4. The Balaban J connectivity index is 4.22. The predicted molar refractivity (Wildman–Crippen MR) is 79.1 cm³/mol. The number of aliphatic hydroxyl groups excluding tert-OH is 2. The van der Waals surface area contributed by atoms with E-state index in [1.165, 1.54) is 0 Å². The average Bonchev–Trinajstić information content (AvgIpc) is 2.46. The van der Waals surface area contributed by atoms with Crippen LogP contribution >= 0.6 is 0 Å². The third kappa shape index (κ3) is 9.88. The molecule has 0 aliphatic heterocycles. The van der Waals surface area contributed by atoms with E-state index in [1.54, 1.807) is 14.2 Å². The fourth-order valence-corrected chi connectivity index (χ4v) is 3.25. The van der Waals surface area contributed by atoms with E-state index in [0.717, 1.165) is 12.5 Å². The van der Waals surface area contributed by atoms with Gasteiger partial charge in [0.05, 0.1) is 12.7 Å². The van der Waals surface area contributed by atoms with Crippen molar-refractivity contribution in [1.29, 1.82) is 0 Å². The summed E-state index contributed by atoms with van der Waals surface area (Å²) < 4.78 is 22.9. The van der Waals surface area contributed by atoms with Gasteiger partial charge in [-0.25, -0.2) is 4.79 Å². The predicted octanol–water partition coefficient (Wildman–Crippen LogP) is 0.0756. The summed E-state index contributed by atoms with van der Waals surface area (Å²) in [6, 6.07) is 0.779. The molecule has 21 heavy (non-hydrogen) atoms. The molecule has 9 heteroatoms. The molecule has 7 nitrogen and oxygen atoms in total. The Hall–Kier alpha value is -0.583. The van der Waals surface area contributed by atoms with Crippen LogP contribution in [0.5, 0.6) is 0 Å². The number of amides is 1. The van der Waals surface area contributed by atoms with E-state index < -0.39 is 20.8 Å². The molecule has 0 spiro atoms. The fourth-order valence-electron chi connectivity index (χ4n) is 1.87. The van der Waals surface area contributed by atoms with Gasteiger partial charge in [-0.05, 0) is 25.6 Å². The van der Waals surface area contributed by atoms with Gasteiger partial charge in [-0.2, -0.15) is 0 Å². The van der Waals surface area contributed by atoms with Crippen molar-refractivity contribution >= 4 is 14.7 Å². The zero-order valence-corrected chi connectivity index (χ0v) is 14.0. The molecule has 0 aromatic rings. The number of hydrogen-bond acceptors (Lipinski definition) is 6. The second-order valence-electron chi connectivity index (χ2n) is 4.98. The SMILES string of the molecule is CO[Si](C)(CCCN(CCNC(=O)F)CC(O)CO)OC. The first kappa shape index (κ1) is 20.4. The van der Waals surface area contributed by atoms with E-state index >= 15 is 0 Å². The molecule has 0 heterocycles. The van der Waals surface area contributed by atoms with E-state index in [-0.39, 0.29) is 19.7 Å². The second kappa shape index (κ2) is 11.0. The summed E-state index contributed by atoms with van der Waals surface area (Å²) >= 11 is 0. The van der Waals surface area contributed by atoms with Gasteiger partial charge in [0.15, 0.2) is 0 Å². The Morgan fingerprint density at radius 1 is 1.38 bits per heavy atom. The van der Waals surface area contributed by atoms with Gasteiger partial charge in [-0.1, -0.05) is 0 Å². The van der Waals surface area contributed by atoms with Gasteiger partial charge in [0.1, 0.15) is 0 Å². The van der Waals surface area contributed by atoms with E-state index in [2.05, 4.69) is 5.32 Å².